The van der Waals surface area contributed by atoms with Crippen molar-refractivity contribution in [3.8, 4) is 0 Å². The third-order valence-electron chi connectivity index (χ3n) is 4.47. The molecule has 1 aromatic rings. The molecule has 0 spiro atoms. The van der Waals surface area contributed by atoms with Crippen LogP contribution < -0.4 is 5.32 Å². The van der Waals surface area contributed by atoms with Crippen molar-refractivity contribution in [1.82, 2.24) is 14.7 Å². The Balaban J connectivity index is 1.72. The minimum Gasteiger partial charge on any atom is -0.326 e. The van der Waals surface area contributed by atoms with E-state index in [0.29, 0.717) is 6.04 Å². The molecule has 1 fully saturated rings. The van der Waals surface area contributed by atoms with E-state index in [4.69, 9.17) is 0 Å². The summed E-state index contributed by atoms with van der Waals surface area (Å²) in [5.41, 5.74) is 0.836. The smallest absolute Gasteiger partial charge is 0.321 e. The van der Waals surface area contributed by atoms with Gasteiger partial charge in [0.05, 0.1) is 0 Å². The van der Waals surface area contributed by atoms with Crippen LogP contribution in [0.4, 0.5) is 10.5 Å². The molecule has 2 amide bonds. The Hall–Kier alpha value is -1.59. The van der Waals surface area contributed by atoms with Crippen molar-refractivity contribution in [2.45, 2.75) is 18.9 Å². The van der Waals surface area contributed by atoms with Crippen LogP contribution in [0.1, 0.15) is 12.8 Å². The van der Waals surface area contributed by atoms with Gasteiger partial charge in [-0.25, -0.2) is 4.79 Å². The first-order chi connectivity index (χ1) is 10.6. The minimum absolute atomic E-state index is 0.0528. The summed E-state index contributed by atoms with van der Waals surface area (Å²) in [4.78, 5) is 18.6. The molecule has 22 heavy (non-hydrogen) atoms. The summed E-state index contributed by atoms with van der Waals surface area (Å²) in [7, 11) is 6.19. The van der Waals surface area contributed by atoms with Crippen LogP contribution in [0, 0.1) is 0 Å². The number of para-hydroxylation sites is 1. The molecular weight excluding hydrogens is 276 g/mol. The quantitative estimate of drug-likeness (QED) is 0.906. The largest absolute Gasteiger partial charge is 0.326 e. The Bertz CT molecular complexity index is 457. The zero-order chi connectivity index (χ0) is 15.9. The number of urea groups is 1. The first-order valence-electron chi connectivity index (χ1n) is 8.02. The molecule has 0 atom stereocenters. The first kappa shape index (κ1) is 16.8. The van der Waals surface area contributed by atoms with Crippen LogP contribution in [-0.4, -0.2) is 74.1 Å². The highest BCUT2D eigenvalue weighted by molar-refractivity contribution is 5.89. The number of carbonyl (C=O) groups is 1. The molecule has 0 saturated carbocycles. The van der Waals surface area contributed by atoms with Crippen LogP contribution in [0.3, 0.4) is 0 Å². The Morgan fingerprint density at radius 3 is 2.45 bits per heavy atom. The highest BCUT2D eigenvalue weighted by Gasteiger charge is 2.20. The lowest BCUT2D eigenvalue weighted by atomic mass is 10.0. The lowest BCUT2D eigenvalue weighted by Crippen LogP contribution is -2.45. The summed E-state index contributed by atoms with van der Waals surface area (Å²) in [6.07, 6.45) is 2.43. The zero-order valence-electron chi connectivity index (χ0n) is 14.0. The normalized spacial score (nSPS) is 16.7. The fourth-order valence-corrected chi connectivity index (χ4v) is 2.77. The predicted molar refractivity (Wildman–Crippen MR) is 91.2 cm³/mol. The van der Waals surface area contributed by atoms with Crippen LogP contribution in [-0.2, 0) is 0 Å². The number of likely N-dealkylation sites (N-methyl/N-ethyl adjacent to an activating group) is 2. The topological polar surface area (TPSA) is 38.8 Å². The van der Waals surface area contributed by atoms with E-state index in [-0.39, 0.29) is 6.03 Å². The van der Waals surface area contributed by atoms with Gasteiger partial charge in [0.1, 0.15) is 0 Å². The van der Waals surface area contributed by atoms with E-state index >= 15 is 0 Å². The van der Waals surface area contributed by atoms with Crippen LogP contribution >= 0.6 is 0 Å². The Morgan fingerprint density at radius 2 is 1.82 bits per heavy atom. The van der Waals surface area contributed by atoms with Gasteiger partial charge in [-0.3, -0.25) is 0 Å². The van der Waals surface area contributed by atoms with E-state index in [9.17, 15) is 4.79 Å². The molecule has 1 heterocycles. The van der Waals surface area contributed by atoms with Crippen molar-refractivity contribution in [3.05, 3.63) is 30.3 Å². The molecule has 1 aliphatic rings. The predicted octanol–water partition coefficient (Wildman–Crippen LogP) is 2.18. The number of amides is 2. The van der Waals surface area contributed by atoms with E-state index in [1.54, 1.807) is 4.90 Å². The Labute approximate surface area is 133 Å². The molecule has 0 bridgehead atoms. The summed E-state index contributed by atoms with van der Waals surface area (Å²) in [5.74, 6) is 0. The van der Waals surface area contributed by atoms with Gasteiger partial charge in [-0.1, -0.05) is 18.2 Å². The number of hydrogen-bond acceptors (Lipinski definition) is 3. The van der Waals surface area contributed by atoms with Gasteiger partial charge in [-0.05, 0) is 52.2 Å². The second-order valence-corrected chi connectivity index (χ2v) is 6.23. The van der Waals surface area contributed by atoms with Crippen LogP contribution in [0.5, 0.6) is 0 Å². The van der Waals surface area contributed by atoms with Crippen molar-refractivity contribution in [2.75, 3.05) is 52.6 Å². The van der Waals surface area contributed by atoms with Gasteiger partial charge in [0.25, 0.3) is 0 Å². The van der Waals surface area contributed by atoms with Crippen molar-refractivity contribution in [2.24, 2.45) is 0 Å². The van der Waals surface area contributed by atoms with Gasteiger partial charge in [-0.2, -0.15) is 0 Å². The van der Waals surface area contributed by atoms with E-state index in [2.05, 4.69) is 29.2 Å². The number of rotatable bonds is 5. The molecule has 5 heteroatoms. The van der Waals surface area contributed by atoms with Gasteiger partial charge < -0.3 is 20.0 Å². The Kier molecular flexibility index (Phi) is 6.21. The SMILES string of the molecule is CN1CCC(N(C)CCN(C)C(=O)Nc2ccccc2)CC1. The third-order valence-corrected chi connectivity index (χ3v) is 4.47. The van der Waals surface area contributed by atoms with Crippen molar-refractivity contribution < 1.29 is 4.79 Å². The molecular formula is C17H28N4O. The maximum absolute atomic E-state index is 12.1. The van der Waals surface area contributed by atoms with E-state index in [1.807, 2.05) is 37.4 Å². The second-order valence-electron chi connectivity index (χ2n) is 6.23. The van der Waals surface area contributed by atoms with E-state index in [0.717, 1.165) is 18.8 Å². The minimum atomic E-state index is -0.0528. The van der Waals surface area contributed by atoms with Gasteiger partial charge >= 0.3 is 6.03 Å². The molecule has 1 aliphatic heterocycles. The van der Waals surface area contributed by atoms with Gasteiger partial charge in [-0.15, -0.1) is 0 Å². The third kappa shape index (κ3) is 5.00. The molecule has 0 radical (unpaired) electrons. The number of hydrogen-bond donors (Lipinski definition) is 1. The maximum atomic E-state index is 12.1. The number of benzene rings is 1. The summed E-state index contributed by atoms with van der Waals surface area (Å²) < 4.78 is 0. The monoisotopic (exact) mass is 304 g/mol. The number of anilines is 1. The molecule has 5 nitrogen and oxygen atoms in total. The maximum Gasteiger partial charge on any atom is 0.321 e. The number of likely N-dealkylation sites (tertiary alicyclic amines) is 1. The summed E-state index contributed by atoms with van der Waals surface area (Å²) in [5, 5.41) is 2.91. The fourth-order valence-electron chi connectivity index (χ4n) is 2.77. The van der Waals surface area contributed by atoms with Crippen molar-refractivity contribution >= 4 is 11.7 Å². The van der Waals surface area contributed by atoms with Gasteiger partial charge in [0.15, 0.2) is 0 Å². The number of carbonyl (C=O) groups excluding carboxylic acids is 1. The molecule has 2 rings (SSSR count). The van der Waals surface area contributed by atoms with Gasteiger partial charge in [0.2, 0.25) is 0 Å². The standard InChI is InChI=1S/C17H28N4O/c1-19-11-9-16(10-12-19)20(2)13-14-21(3)17(22)18-15-7-5-4-6-8-15/h4-8,16H,9-14H2,1-3H3,(H,18,22). The molecule has 122 valence electrons. The Morgan fingerprint density at radius 1 is 1.18 bits per heavy atom. The molecule has 1 N–H and O–H groups in total. The number of piperidine rings is 1. The number of nitrogens with one attached hydrogen (secondary N) is 1. The average molecular weight is 304 g/mol. The number of nitrogens with zero attached hydrogens (tertiary/aromatic N) is 3. The van der Waals surface area contributed by atoms with E-state index in [1.165, 1.54) is 25.9 Å². The summed E-state index contributed by atoms with van der Waals surface area (Å²) in [6, 6.07) is 10.2. The molecule has 0 aliphatic carbocycles. The van der Waals surface area contributed by atoms with Crippen molar-refractivity contribution in [3.63, 3.8) is 0 Å². The molecule has 0 aromatic heterocycles. The first-order valence-corrected chi connectivity index (χ1v) is 8.02. The second kappa shape index (κ2) is 8.15. The fraction of sp³-hybridized carbons (Fsp3) is 0.588. The van der Waals surface area contributed by atoms with E-state index < -0.39 is 0 Å². The zero-order valence-corrected chi connectivity index (χ0v) is 14.0. The highest BCUT2D eigenvalue weighted by atomic mass is 16.2. The van der Waals surface area contributed by atoms with Gasteiger partial charge in [0, 0.05) is 31.9 Å². The highest BCUT2D eigenvalue weighted by Crippen LogP contribution is 2.14. The molecule has 1 aromatic carbocycles. The summed E-state index contributed by atoms with van der Waals surface area (Å²) >= 11 is 0. The average Bonchev–Trinajstić information content (AvgIpc) is 2.53. The molecule has 0 unspecified atom stereocenters. The molecule has 1 saturated heterocycles. The van der Waals surface area contributed by atoms with Crippen LogP contribution in [0.25, 0.3) is 0 Å². The van der Waals surface area contributed by atoms with Crippen molar-refractivity contribution in [1.29, 1.82) is 0 Å². The summed E-state index contributed by atoms with van der Waals surface area (Å²) in [6.45, 7) is 3.98. The lowest BCUT2D eigenvalue weighted by Gasteiger charge is -2.35. The lowest BCUT2D eigenvalue weighted by molar-refractivity contribution is 0.136. The van der Waals surface area contributed by atoms with Crippen LogP contribution in [0.15, 0.2) is 30.3 Å². The van der Waals surface area contributed by atoms with Crippen LogP contribution in [0.2, 0.25) is 0 Å².